The molecule has 0 spiro atoms. The van der Waals surface area contributed by atoms with Crippen LogP contribution in [0.4, 0.5) is 0 Å². The van der Waals surface area contributed by atoms with Crippen LogP contribution < -0.4 is 0 Å². The van der Waals surface area contributed by atoms with E-state index >= 15 is 0 Å². The van der Waals surface area contributed by atoms with Crippen LogP contribution in [0.15, 0.2) is 60.7 Å². The van der Waals surface area contributed by atoms with Crippen LogP contribution in [0.3, 0.4) is 0 Å². The average Bonchev–Trinajstić information content (AvgIpc) is 2.84. The van der Waals surface area contributed by atoms with E-state index in [0.717, 1.165) is 24.2 Å². The Kier molecular flexibility index (Phi) is 7.33. The fourth-order valence-corrected chi connectivity index (χ4v) is 4.36. The first-order valence-corrected chi connectivity index (χ1v) is 11.2. The molecule has 0 bridgehead atoms. The van der Waals surface area contributed by atoms with E-state index in [1.807, 2.05) is 46.2 Å². The Balaban J connectivity index is 1.32. The molecule has 2 saturated heterocycles. The topological polar surface area (TPSA) is 53.1 Å². The monoisotopic (exact) mass is 421 g/mol. The highest BCUT2D eigenvalue weighted by molar-refractivity contribution is 5.79. The van der Waals surface area contributed by atoms with Crippen LogP contribution in [0.25, 0.3) is 0 Å². The Morgan fingerprint density at radius 2 is 1.23 bits per heavy atom. The summed E-state index contributed by atoms with van der Waals surface area (Å²) in [7, 11) is 0. The van der Waals surface area contributed by atoms with E-state index in [4.69, 9.17) is 4.74 Å². The van der Waals surface area contributed by atoms with Gasteiger partial charge in [0.1, 0.15) is 0 Å². The quantitative estimate of drug-likeness (QED) is 0.718. The zero-order valence-corrected chi connectivity index (χ0v) is 18.0. The van der Waals surface area contributed by atoms with Gasteiger partial charge in [0, 0.05) is 51.6 Å². The van der Waals surface area contributed by atoms with Gasteiger partial charge in [0.15, 0.2) is 0 Å². The van der Waals surface area contributed by atoms with Gasteiger partial charge in [-0.15, -0.1) is 0 Å². The molecule has 0 N–H and O–H groups in total. The maximum atomic E-state index is 13.1. The first-order chi connectivity index (χ1) is 15.2. The summed E-state index contributed by atoms with van der Waals surface area (Å²) in [5.74, 6) is 0.393. The van der Waals surface area contributed by atoms with E-state index in [2.05, 4.69) is 29.2 Å². The molecular weight excluding hydrogens is 390 g/mol. The van der Waals surface area contributed by atoms with E-state index in [-0.39, 0.29) is 17.7 Å². The number of ether oxygens (including phenoxy) is 1. The maximum Gasteiger partial charge on any atom is 0.236 e. The zero-order valence-electron chi connectivity index (χ0n) is 18.0. The van der Waals surface area contributed by atoms with Crippen molar-refractivity contribution in [2.24, 2.45) is 0 Å². The number of piperazine rings is 1. The normalized spacial score (nSPS) is 17.7. The first kappa shape index (κ1) is 21.5. The summed E-state index contributed by atoms with van der Waals surface area (Å²) in [5, 5.41) is 0. The number of nitrogens with zero attached hydrogens (tertiary/aromatic N) is 3. The van der Waals surface area contributed by atoms with Gasteiger partial charge in [-0.2, -0.15) is 0 Å². The van der Waals surface area contributed by atoms with Crippen molar-refractivity contribution < 1.29 is 14.3 Å². The second-order valence-corrected chi connectivity index (χ2v) is 8.23. The molecule has 6 nitrogen and oxygen atoms in total. The molecule has 4 rings (SSSR count). The van der Waals surface area contributed by atoms with Crippen LogP contribution in [0, 0.1) is 0 Å². The highest BCUT2D eigenvalue weighted by Gasteiger charge is 2.27. The summed E-state index contributed by atoms with van der Waals surface area (Å²) >= 11 is 0. The Morgan fingerprint density at radius 1 is 0.710 bits per heavy atom. The van der Waals surface area contributed by atoms with Crippen molar-refractivity contribution in [3.63, 3.8) is 0 Å². The van der Waals surface area contributed by atoms with Gasteiger partial charge in [0.2, 0.25) is 11.8 Å². The summed E-state index contributed by atoms with van der Waals surface area (Å²) < 4.78 is 5.32. The van der Waals surface area contributed by atoms with E-state index in [1.54, 1.807) is 0 Å². The zero-order chi connectivity index (χ0) is 21.5. The highest BCUT2D eigenvalue weighted by Crippen LogP contribution is 2.28. The molecule has 2 aromatic rings. The predicted octanol–water partition coefficient (Wildman–Crippen LogP) is 2.21. The summed E-state index contributed by atoms with van der Waals surface area (Å²) in [6, 6.07) is 20.5. The Bertz CT molecular complexity index is 805. The fourth-order valence-electron chi connectivity index (χ4n) is 4.36. The molecule has 6 heteroatoms. The average molecular weight is 422 g/mol. The fraction of sp³-hybridized carbons (Fsp3) is 0.440. The molecule has 0 aliphatic carbocycles. The summed E-state index contributed by atoms with van der Waals surface area (Å²) in [6.45, 7) is 5.85. The minimum absolute atomic E-state index is 0.0517. The van der Waals surface area contributed by atoms with Crippen molar-refractivity contribution in [1.29, 1.82) is 0 Å². The van der Waals surface area contributed by atoms with Gasteiger partial charge in [-0.1, -0.05) is 60.7 Å². The summed E-state index contributed by atoms with van der Waals surface area (Å²) in [4.78, 5) is 31.6. The number of rotatable bonds is 6. The van der Waals surface area contributed by atoms with Crippen molar-refractivity contribution in [3.05, 3.63) is 71.8 Å². The Labute approximate surface area is 184 Å². The lowest BCUT2D eigenvalue weighted by Crippen LogP contribution is -2.52. The maximum absolute atomic E-state index is 13.1. The van der Waals surface area contributed by atoms with Crippen LogP contribution in [-0.4, -0.2) is 85.5 Å². The lowest BCUT2D eigenvalue weighted by Gasteiger charge is -2.36. The third kappa shape index (κ3) is 5.71. The third-order valence-electron chi connectivity index (χ3n) is 6.23. The van der Waals surface area contributed by atoms with E-state index < -0.39 is 0 Å². The molecule has 2 aromatic carbocycles. The number of hydrogen-bond acceptors (Lipinski definition) is 4. The van der Waals surface area contributed by atoms with Gasteiger partial charge < -0.3 is 14.5 Å². The standard InChI is InChI=1S/C25H31N3O3/c29-24(19-23(21-7-3-1-4-8-21)22-9-5-2-6-10-22)27-13-11-26(12-14-27)20-25(30)28-15-17-31-18-16-28/h1-10,23H,11-20H2. The van der Waals surface area contributed by atoms with Crippen LogP contribution in [0.1, 0.15) is 23.5 Å². The van der Waals surface area contributed by atoms with Gasteiger partial charge in [0.05, 0.1) is 19.8 Å². The van der Waals surface area contributed by atoms with Gasteiger partial charge in [-0.25, -0.2) is 0 Å². The Morgan fingerprint density at radius 3 is 1.77 bits per heavy atom. The predicted molar refractivity (Wildman–Crippen MR) is 120 cm³/mol. The van der Waals surface area contributed by atoms with Crippen molar-refractivity contribution in [3.8, 4) is 0 Å². The van der Waals surface area contributed by atoms with Crippen molar-refractivity contribution in [2.75, 3.05) is 59.0 Å². The first-order valence-electron chi connectivity index (χ1n) is 11.2. The molecule has 2 heterocycles. The molecule has 2 aliphatic rings. The van der Waals surface area contributed by atoms with Gasteiger partial charge in [-0.05, 0) is 11.1 Å². The molecule has 2 fully saturated rings. The number of carbonyl (C=O) groups is 2. The van der Waals surface area contributed by atoms with E-state index in [9.17, 15) is 9.59 Å². The second kappa shape index (κ2) is 10.6. The molecule has 2 aliphatic heterocycles. The summed E-state index contributed by atoms with van der Waals surface area (Å²) in [5.41, 5.74) is 2.33. The molecule has 0 unspecified atom stereocenters. The minimum Gasteiger partial charge on any atom is -0.378 e. The minimum atomic E-state index is 0.0517. The highest BCUT2D eigenvalue weighted by atomic mass is 16.5. The second-order valence-electron chi connectivity index (χ2n) is 8.23. The van der Waals surface area contributed by atoms with Gasteiger partial charge in [0.25, 0.3) is 0 Å². The molecule has 0 atom stereocenters. The SMILES string of the molecule is O=C(CC(c1ccccc1)c1ccccc1)N1CCN(CC(=O)N2CCOCC2)CC1. The molecule has 31 heavy (non-hydrogen) atoms. The van der Waals surface area contributed by atoms with Crippen LogP contribution >= 0.6 is 0 Å². The lowest BCUT2D eigenvalue weighted by molar-refractivity contribution is -0.138. The molecule has 0 radical (unpaired) electrons. The Hall–Kier alpha value is -2.70. The molecule has 2 amide bonds. The largest absolute Gasteiger partial charge is 0.378 e. The number of amides is 2. The molecular formula is C25H31N3O3. The molecule has 0 saturated carbocycles. The number of carbonyl (C=O) groups excluding carboxylic acids is 2. The summed E-state index contributed by atoms with van der Waals surface area (Å²) in [6.07, 6.45) is 0.459. The van der Waals surface area contributed by atoms with Gasteiger partial charge in [-0.3, -0.25) is 14.5 Å². The molecule has 0 aromatic heterocycles. The van der Waals surface area contributed by atoms with Crippen LogP contribution in [0.2, 0.25) is 0 Å². The van der Waals surface area contributed by atoms with Crippen LogP contribution in [0.5, 0.6) is 0 Å². The smallest absolute Gasteiger partial charge is 0.236 e. The van der Waals surface area contributed by atoms with Crippen molar-refractivity contribution in [1.82, 2.24) is 14.7 Å². The van der Waals surface area contributed by atoms with Crippen molar-refractivity contribution in [2.45, 2.75) is 12.3 Å². The lowest BCUT2D eigenvalue weighted by atomic mass is 9.88. The van der Waals surface area contributed by atoms with Gasteiger partial charge >= 0.3 is 0 Å². The van der Waals surface area contributed by atoms with E-state index in [1.165, 1.54) is 0 Å². The third-order valence-corrected chi connectivity index (χ3v) is 6.23. The molecule has 164 valence electrons. The van der Waals surface area contributed by atoms with Crippen LogP contribution in [-0.2, 0) is 14.3 Å². The van der Waals surface area contributed by atoms with Crippen molar-refractivity contribution >= 4 is 11.8 Å². The number of morpholine rings is 1. The number of benzene rings is 2. The van der Waals surface area contributed by atoms with E-state index in [0.29, 0.717) is 52.4 Å². The number of hydrogen-bond donors (Lipinski definition) is 0.